The second-order valence-electron chi connectivity index (χ2n) is 5.45. The van der Waals surface area contributed by atoms with Crippen LogP contribution in [0.2, 0.25) is 0 Å². The quantitative estimate of drug-likeness (QED) is 0.482. The minimum absolute atomic E-state index is 0.0259. The third-order valence-corrected chi connectivity index (χ3v) is 3.98. The van der Waals surface area contributed by atoms with E-state index in [1.807, 2.05) is 30.3 Å². The zero-order chi connectivity index (χ0) is 15.6. The van der Waals surface area contributed by atoms with E-state index < -0.39 is 10.3 Å². The third-order valence-electron chi connectivity index (χ3n) is 3.98. The maximum absolute atomic E-state index is 12.3. The largest absolute Gasteiger partial charge is 0.460 e. The van der Waals surface area contributed by atoms with Gasteiger partial charge in [-0.25, -0.2) is 0 Å². The van der Waals surface area contributed by atoms with Crippen LogP contribution >= 0.6 is 0 Å². The minimum Gasteiger partial charge on any atom is -0.460 e. The number of rotatable bonds is 5. The summed E-state index contributed by atoms with van der Waals surface area (Å²) in [6.45, 7) is 0.130. The molecular formula is C17H15NO4. The highest BCUT2D eigenvalue weighted by Gasteiger charge is 2.52. The highest BCUT2D eigenvalue weighted by Crippen LogP contribution is 2.49. The molecule has 0 amide bonds. The Kier molecular flexibility index (Phi) is 3.63. The van der Waals surface area contributed by atoms with E-state index in [1.165, 1.54) is 12.1 Å². The molecule has 0 heterocycles. The zero-order valence-electron chi connectivity index (χ0n) is 11.9. The Bertz CT molecular complexity index is 690. The highest BCUT2D eigenvalue weighted by molar-refractivity contribution is 5.86. The summed E-state index contributed by atoms with van der Waals surface area (Å²) in [5, 5.41) is 10.6. The number of nitro benzene ring substituents is 1. The lowest BCUT2D eigenvalue weighted by atomic mass is 9.96. The average molecular weight is 297 g/mol. The first-order valence-corrected chi connectivity index (χ1v) is 7.08. The molecule has 1 aliphatic rings. The predicted octanol–water partition coefficient (Wildman–Crippen LogP) is 3.37. The van der Waals surface area contributed by atoms with Gasteiger partial charge in [0.05, 0.1) is 10.3 Å². The maximum atomic E-state index is 12.3. The van der Waals surface area contributed by atoms with E-state index in [2.05, 4.69) is 0 Å². The van der Waals surface area contributed by atoms with Crippen LogP contribution < -0.4 is 0 Å². The van der Waals surface area contributed by atoms with Gasteiger partial charge >= 0.3 is 5.97 Å². The van der Waals surface area contributed by atoms with E-state index in [4.69, 9.17) is 4.74 Å². The Balaban J connectivity index is 1.64. The molecule has 1 fully saturated rings. The van der Waals surface area contributed by atoms with Crippen LogP contribution in [0.3, 0.4) is 0 Å². The van der Waals surface area contributed by atoms with E-state index in [0.717, 1.165) is 24.0 Å². The Morgan fingerprint density at radius 3 is 2.27 bits per heavy atom. The summed E-state index contributed by atoms with van der Waals surface area (Å²) in [7, 11) is 0. The van der Waals surface area contributed by atoms with E-state index in [1.54, 1.807) is 12.1 Å². The Morgan fingerprint density at radius 2 is 1.73 bits per heavy atom. The summed E-state index contributed by atoms with van der Waals surface area (Å²) in [6, 6.07) is 15.7. The van der Waals surface area contributed by atoms with Crippen LogP contribution in [0.15, 0.2) is 54.6 Å². The number of ether oxygens (including phenoxy) is 1. The fourth-order valence-corrected chi connectivity index (χ4v) is 2.49. The van der Waals surface area contributed by atoms with Crippen molar-refractivity contribution in [3.63, 3.8) is 0 Å². The number of nitro groups is 1. The highest BCUT2D eigenvalue weighted by atomic mass is 16.6. The zero-order valence-corrected chi connectivity index (χ0v) is 11.9. The molecule has 2 aromatic rings. The van der Waals surface area contributed by atoms with Crippen LogP contribution in [0, 0.1) is 10.1 Å². The molecule has 22 heavy (non-hydrogen) atoms. The van der Waals surface area contributed by atoms with Crippen LogP contribution in [0.25, 0.3) is 0 Å². The molecule has 5 nitrogen and oxygen atoms in total. The van der Waals surface area contributed by atoms with Crippen molar-refractivity contribution in [2.75, 3.05) is 0 Å². The van der Waals surface area contributed by atoms with Gasteiger partial charge in [-0.2, -0.15) is 0 Å². The number of nitrogens with zero attached hydrogens (tertiary/aromatic N) is 1. The lowest BCUT2D eigenvalue weighted by Gasteiger charge is -2.14. The van der Waals surface area contributed by atoms with Gasteiger partial charge in [0.15, 0.2) is 0 Å². The van der Waals surface area contributed by atoms with Crippen LogP contribution in [-0.4, -0.2) is 10.9 Å². The topological polar surface area (TPSA) is 69.4 Å². The fraction of sp³-hybridized carbons (Fsp3) is 0.235. The Morgan fingerprint density at radius 1 is 1.09 bits per heavy atom. The number of hydrogen-bond donors (Lipinski definition) is 0. The van der Waals surface area contributed by atoms with Crippen LogP contribution in [-0.2, 0) is 21.6 Å². The van der Waals surface area contributed by atoms with Crippen LogP contribution in [0.1, 0.15) is 24.0 Å². The number of carbonyl (C=O) groups is 1. The molecule has 1 saturated carbocycles. The van der Waals surface area contributed by atoms with Gasteiger partial charge < -0.3 is 4.74 Å². The van der Waals surface area contributed by atoms with Crippen molar-refractivity contribution in [3.8, 4) is 0 Å². The molecule has 0 aromatic heterocycles. The van der Waals surface area contributed by atoms with Crippen molar-refractivity contribution in [1.82, 2.24) is 0 Å². The molecule has 0 aliphatic heterocycles. The Hall–Kier alpha value is -2.69. The molecule has 0 radical (unpaired) electrons. The SMILES string of the molecule is O=C(OCc1ccc([N+](=O)[O-])cc1)C1(c2ccccc2)CC1. The molecule has 0 N–H and O–H groups in total. The predicted molar refractivity (Wildman–Crippen MR) is 80.2 cm³/mol. The van der Waals surface area contributed by atoms with Crippen LogP contribution in [0.4, 0.5) is 5.69 Å². The Labute approximate surface area is 127 Å². The smallest absolute Gasteiger partial charge is 0.316 e. The molecule has 0 atom stereocenters. The van der Waals surface area contributed by atoms with Gasteiger partial charge in [-0.15, -0.1) is 0 Å². The normalized spacial score (nSPS) is 15.1. The minimum atomic E-state index is -0.498. The van der Waals surface area contributed by atoms with Gasteiger partial charge in [-0.1, -0.05) is 30.3 Å². The molecule has 0 spiro atoms. The molecule has 5 heteroatoms. The second-order valence-corrected chi connectivity index (χ2v) is 5.45. The van der Waals surface area contributed by atoms with E-state index in [-0.39, 0.29) is 18.3 Å². The number of benzene rings is 2. The van der Waals surface area contributed by atoms with Gasteiger partial charge in [-0.3, -0.25) is 14.9 Å². The van der Waals surface area contributed by atoms with Crippen LogP contribution in [0.5, 0.6) is 0 Å². The molecular weight excluding hydrogens is 282 g/mol. The average Bonchev–Trinajstić information content (AvgIpc) is 3.36. The van der Waals surface area contributed by atoms with E-state index in [0.29, 0.717) is 0 Å². The summed E-state index contributed by atoms with van der Waals surface area (Å²) in [4.78, 5) is 22.5. The van der Waals surface area contributed by atoms with Gasteiger partial charge in [0.1, 0.15) is 6.61 Å². The standard InChI is InChI=1S/C17H15NO4/c19-16(17(10-11-17)14-4-2-1-3-5-14)22-12-13-6-8-15(9-7-13)18(20)21/h1-9H,10-12H2. The summed E-state index contributed by atoms with van der Waals surface area (Å²) >= 11 is 0. The molecule has 1 aliphatic carbocycles. The lowest BCUT2D eigenvalue weighted by molar-refractivity contribution is -0.384. The molecule has 2 aromatic carbocycles. The number of non-ortho nitro benzene ring substituents is 1. The van der Waals surface area contributed by atoms with Crippen molar-refractivity contribution in [3.05, 3.63) is 75.8 Å². The monoisotopic (exact) mass is 297 g/mol. The summed E-state index contributed by atoms with van der Waals surface area (Å²) in [6.07, 6.45) is 1.60. The number of hydrogen-bond acceptors (Lipinski definition) is 4. The van der Waals surface area contributed by atoms with E-state index in [9.17, 15) is 14.9 Å². The first-order valence-electron chi connectivity index (χ1n) is 7.08. The molecule has 112 valence electrons. The first-order chi connectivity index (χ1) is 10.6. The van der Waals surface area contributed by atoms with Crippen molar-refractivity contribution in [2.24, 2.45) is 0 Å². The summed E-state index contributed by atoms with van der Waals surface area (Å²) in [5.41, 5.74) is 1.26. The van der Waals surface area contributed by atoms with E-state index >= 15 is 0 Å². The number of carbonyl (C=O) groups excluding carboxylic acids is 1. The summed E-state index contributed by atoms with van der Waals surface area (Å²) < 4.78 is 5.40. The van der Waals surface area contributed by atoms with Gasteiger partial charge in [0.25, 0.3) is 5.69 Å². The maximum Gasteiger partial charge on any atom is 0.316 e. The number of esters is 1. The second kappa shape index (κ2) is 5.60. The molecule has 0 bridgehead atoms. The van der Waals surface area contributed by atoms with Gasteiger partial charge in [0.2, 0.25) is 0 Å². The van der Waals surface area contributed by atoms with Gasteiger partial charge in [-0.05, 0) is 36.1 Å². The molecule has 3 rings (SSSR count). The van der Waals surface area contributed by atoms with Crippen molar-refractivity contribution in [1.29, 1.82) is 0 Å². The fourth-order valence-electron chi connectivity index (χ4n) is 2.49. The third kappa shape index (κ3) is 2.70. The lowest BCUT2D eigenvalue weighted by Crippen LogP contribution is -2.23. The molecule has 0 unspecified atom stereocenters. The van der Waals surface area contributed by atoms with Crippen molar-refractivity contribution in [2.45, 2.75) is 24.9 Å². The van der Waals surface area contributed by atoms with Gasteiger partial charge in [0, 0.05) is 12.1 Å². The molecule has 0 saturated heterocycles. The summed E-state index contributed by atoms with van der Waals surface area (Å²) in [5.74, 6) is -0.225. The first kappa shape index (κ1) is 14.3. The van der Waals surface area contributed by atoms with Crippen molar-refractivity contribution >= 4 is 11.7 Å². The van der Waals surface area contributed by atoms with Crippen molar-refractivity contribution < 1.29 is 14.5 Å².